The Hall–Kier alpha value is -0.750. The number of hydrogen-bond acceptors (Lipinski definition) is 4. The van der Waals surface area contributed by atoms with Crippen LogP contribution < -0.4 is 10.6 Å². The average molecular weight is 288 g/mol. The van der Waals surface area contributed by atoms with E-state index in [1.54, 1.807) is 11.8 Å². The second-order valence-corrected chi connectivity index (χ2v) is 6.02. The van der Waals surface area contributed by atoms with Gasteiger partial charge in [-0.2, -0.15) is 11.8 Å². The molecule has 1 saturated heterocycles. The smallest absolute Gasteiger partial charge is 0.326 e. The van der Waals surface area contributed by atoms with Gasteiger partial charge in [-0.25, -0.2) is 4.79 Å². The van der Waals surface area contributed by atoms with Crippen molar-refractivity contribution in [3.8, 4) is 0 Å². The first-order valence-corrected chi connectivity index (χ1v) is 8.18. The van der Waals surface area contributed by atoms with E-state index in [0.717, 1.165) is 38.1 Å². The molecule has 1 fully saturated rings. The first-order valence-electron chi connectivity index (χ1n) is 6.79. The SMILES string of the molecule is CCC1(C(=O)N[C@@H](CCSC)C(=O)O)CCNCC1. The number of carbonyl (C=O) groups excluding carboxylic acids is 1. The number of thioether (sulfide) groups is 1. The molecule has 1 aliphatic heterocycles. The Morgan fingerprint density at radius 1 is 1.42 bits per heavy atom. The Labute approximate surface area is 118 Å². The van der Waals surface area contributed by atoms with Gasteiger partial charge in [0.2, 0.25) is 5.91 Å². The van der Waals surface area contributed by atoms with Crippen molar-refractivity contribution in [2.24, 2.45) is 5.41 Å². The first kappa shape index (κ1) is 16.3. The predicted octanol–water partition coefficient (Wildman–Crippen LogP) is 1.09. The van der Waals surface area contributed by atoms with Crippen molar-refractivity contribution in [3.05, 3.63) is 0 Å². The van der Waals surface area contributed by atoms with E-state index in [0.29, 0.717) is 6.42 Å². The zero-order valence-corrected chi connectivity index (χ0v) is 12.5. The molecule has 0 saturated carbocycles. The van der Waals surface area contributed by atoms with Gasteiger partial charge in [0.1, 0.15) is 6.04 Å². The standard InChI is InChI=1S/C13H24N2O3S/c1-3-13(5-7-14-8-6-13)12(18)15-10(11(16)17)4-9-19-2/h10,14H,3-9H2,1-2H3,(H,15,18)(H,16,17)/t10-/m0/s1. The maximum Gasteiger partial charge on any atom is 0.326 e. The van der Waals surface area contributed by atoms with Gasteiger partial charge in [0, 0.05) is 0 Å². The topological polar surface area (TPSA) is 78.4 Å². The summed E-state index contributed by atoms with van der Waals surface area (Å²) in [6.45, 7) is 3.65. The van der Waals surface area contributed by atoms with E-state index in [9.17, 15) is 9.59 Å². The summed E-state index contributed by atoms with van der Waals surface area (Å²) in [5.41, 5.74) is -0.391. The van der Waals surface area contributed by atoms with E-state index in [-0.39, 0.29) is 5.91 Å². The minimum Gasteiger partial charge on any atom is -0.480 e. The molecule has 0 aliphatic carbocycles. The molecular formula is C13H24N2O3S. The molecule has 0 aromatic heterocycles. The Morgan fingerprint density at radius 2 is 2.05 bits per heavy atom. The molecule has 110 valence electrons. The summed E-state index contributed by atoms with van der Waals surface area (Å²) in [6, 6.07) is -0.765. The van der Waals surface area contributed by atoms with Gasteiger partial charge >= 0.3 is 5.97 Å². The van der Waals surface area contributed by atoms with Gasteiger partial charge in [0.05, 0.1) is 5.41 Å². The lowest BCUT2D eigenvalue weighted by atomic mass is 9.75. The molecule has 1 heterocycles. The van der Waals surface area contributed by atoms with E-state index < -0.39 is 17.4 Å². The number of nitrogens with one attached hydrogen (secondary N) is 2. The van der Waals surface area contributed by atoms with Gasteiger partial charge < -0.3 is 15.7 Å². The van der Waals surface area contributed by atoms with Crippen molar-refractivity contribution < 1.29 is 14.7 Å². The molecule has 0 aromatic rings. The number of rotatable bonds is 7. The molecule has 0 aromatic carbocycles. The summed E-state index contributed by atoms with van der Waals surface area (Å²) in [5.74, 6) is -0.301. The monoisotopic (exact) mass is 288 g/mol. The summed E-state index contributed by atoms with van der Waals surface area (Å²) in [4.78, 5) is 23.6. The third-order valence-electron chi connectivity index (χ3n) is 3.93. The van der Waals surface area contributed by atoms with Crippen LogP contribution in [-0.2, 0) is 9.59 Å². The van der Waals surface area contributed by atoms with Crippen molar-refractivity contribution in [3.63, 3.8) is 0 Å². The number of hydrogen-bond donors (Lipinski definition) is 3. The van der Waals surface area contributed by atoms with Crippen LogP contribution >= 0.6 is 11.8 Å². The molecule has 5 nitrogen and oxygen atoms in total. The number of amides is 1. The van der Waals surface area contributed by atoms with Crippen LogP contribution in [0.15, 0.2) is 0 Å². The summed E-state index contributed by atoms with van der Waals surface area (Å²) in [7, 11) is 0. The highest BCUT2D eigenvalue weighted by molar-refractivity contribution is 7.98. The minimum atomic E-state index is -0.942. The first-order chi connectivity index (χ1) is 9.05. The third kappa shape index (κ3) is 4.38. The van der Waals surface area contributed by atoms with E-state index in [1.165, 1.54) is 0 Å². The highest BCUT2D eigenvalue weighted by atomic mass is 32.2. The Bertz CT molecular complexity index is 317. The predicted molar refractivity (Wildman–Crippen MR) is 77.4 cm³/mol. The van der Waals surface area contributed by atoms with Crippen LogP contribution in [0.5, 0.6) is 0 Å². The summed E-state index contributed by atoms with van der Waals surface area (Å²) in [5, 5.41) is 15.1. The minimum absolute atomic E-state index is 0.0926. The van der Waals surface area contributed by atoms with Crippen LogP contribution in [0.2, 0.25) is 0 Å². The van der Waals surface area contributed by atoms with Gasteiger partial charge in [0.25, 0.3) is 0 Å². The van der Waals surface area contributed by atoms with Crippen LogP contribution in [0.3, 0.4) is 0 Å². The number of carboxylic acid groups (broad SMARTS) is 1. The zero-order chi connectivity index (χ0) is 14.3. The summed E-state index contributed by atoms with van der Waals surface area (Å²) in [6.07, 6.45) is 4.73. The second-order valence-electron chi connectivity index (χ2n) is 5.03. The van der Waals surface area contributed by atoms with Crippen molar-refractivity contribution in [1.82, 2.24) is 10.6 Å². The molecule has 1 amide bonds. The number of piperidine rings is 1. The zero-order valence-electron chi connectivity index (χ0n) is 11.7. The molecule has 0 radical (unpaired) electrons. The normalized spacial score (nSPS) is 19.7. The summed E-state index contributed by atoms with van der Waals surface area (Å²) < 4.78 is 0. The Balaban J connectivity index is 2.65. The third-order valence-corrected chi connectivity index (χ3v) is 4.58. The quantitative estimate of drug-likeness (QED) is 0.653. The van der Waals surface area contributed by atoms with E-state index in [4.69, 9.17) is 5.11 Å². The Morgan fingerprint density at radius 3 is 2.53 bits per heavy atom. The number of aliphatic carboxylic acids is 1. The Kier molecular flexibility index (Phi) is 6.65. The fraction of sp³-hybridized carbons (Fsp3) is 0.846. The molecule has 1 atom stereocenters. The lowest BCUT2D eigenvalue weighted by molar-refractivity contribution is -0.144. The molecule has 0 bridgehead atoms. The van der Waals surface area contributed by atoms with Crippen molar-refractivity contribution in [1.29, 1.82) is 0 Å². The molecule has 0 unspecified atom stereocenters. The van der Waals surface area contributed by atoms with Crippen LogP contribution in [0.1, 0.15) is 32.6 Å². The van der Waals surface area contributed by atoms with Crippen LogP contribution in [-0.4, -0.2) is 48.1 Å². The van der Waals surface area contributed by atoms with Gasteiger partial charge in [-0.15, -0.1) is 0 Å². The lowest BCUT2D eigenvalue weighted by Crippen LogP contribution is -2.52. The van der Waals surface area contributed by atoms with Gasteiger partial charge in [0.15, 0.2) is 0 Å². The highest BCUT2D eigenvalue weighted by Crippen LogP contribution is 2.32. The molecular weight excluding hydrogens is 264 g/mol. The van der Waals surface area contributed by atoms with E-state index in [2.05, 4.69) is 10.6 Å². The number of carbonyl (C=O) groups is 2. The molecule has 3 N–H and O–H groups in total. The van der Waals surface area contributed by atoms with Crippen molar-refractivity contribution in [2.45, 2.75) is 38.6 Å². The molecule has 1 rings (SSSR count). The van der Waals surface area contributed by atoms with Gasteiger partial charge in [-0.1, -0.05) is 6.92 Å². The second kappa shape index (κ2) is 7.75. The number of carboxylic acids is 1. The molecule has 1 aliphatic rings. The maximum absolute atomic E-state index is 12.4. The molecule has 6 heteroatoms. The fourth-order valence-electron chi connectivity index (χ4n) is 2.45. The van der Waals surface area contributed by atoms with E-state index in [1.807, 2.05) is 13.2 Å². The average Bonchev–Trinajstić information content (AvgIpc) is 2.43. The van der Waals surface area contributed by atoms with E-state index >= 15 is 0 Å². The van der Waals surface area contributed by atoms with Crippen molar-refractivity contribution in [2.75, 3.05) is 25.1 Å². The van der Waals surface area contributed by atoms with Crippen molar-refractivity contribution >= 4 is 23.6 Å². The maximum atomic E-state index is 12.4. The van der Waals surface area contributed by atoms with Gasteiger partial charge in [-0.3, -0.25) is 4.79 Å². The van der Waals surface area contributed by atoms with Crippen LogP contribution in [0, 0.1) is 5.41 Å². The summed E-state index contributed by atoms with van der Waals surface area (Å²) >= 11 is 1.59. The van der Waals surface area contributed by atoms with Gasteiger partial charge in [-0.05, 0) is 50.8 Å². The van der Waals surface area contributed by atoms with Crippen LogP contribution in [0.4, 0.5) is 0 Å². The molecule has 0 spiro atoms. The lowest BCUT2D eigenvalue weighted by Gasteiger charge is -2.36. The molecule has 19 heavy (non-hydrogen) atoms. The highest BCUT2D eigenvalue weighted by Gasteiger charge is 2.39. The largest absolute Gasteiger partial charge is 0.480 e. The fourth-order valence-corrected chi connectivity index (χ4v) is 2.92. The van der Waals surface area contributed by atoms with Crippen LogP contribution in [0.25, 0.3) is 0 Å².